The van der Waals surface area contributed by atoms with E-state index in [1.165, 1.54) is 6.20 Å². The van der Waals surface area contributed by atoms with Crippen molar-refractivity contribution in [3.8, 4) is 0 Å². The molecule has 1 aromatic heterocycles. The summed E-state index contributed by atoms with van der Waals surface area (Å²) in [6.07, 6.45) is 1.35. The number of aromatic nitrogens is 2. The number of anilines is 1. The fourth-order valence-electron chi connectivity index (χ4n) is 0.868. The highest BCUT2D eigenvalue weighted by atomic mass is 32.1. The number of rotatable bonds is 3. The fourth-order valence-corrected chi connectivity index (χ4v) is 0.970. The summed E-state index contributed by atoms with van der Waals surface area (Å²) >= 11 is 4.62. The Balaban J connectivity index is 2.81. The number of aromatic amines is 1. The highest BCUT2D eigenvalue weighted by Crippen LogP contribution is 2.11. The second kappa shape index (κ2) is 4.56. The molecule has 0 aliphatic rings. The molecule has 0 saturated heterocycles. The van der Waals surface area contributed by atoms with Crippen molar-refractivity contribution in [1.82, 2.24) is 10.2 Å². The van der Waals surface area contributed by atoms with Crippen molar-refractivity contribution in [3.05, 3.63) is 11.8 Å². The van der Waals surface area contributed by atoms with Crippen molar-refractivity contribution < 1.29 is 9.53 Å². The number of nitrogens with two attached hydrogens (primary N) is 1. The molecule has 0 aliphatic heterocycles. The van der Waals surface area contributed by atoms with Crippen LogP contribution in [0.2, 0.25) is 0 Å². The van der Waals surface area contributed by atoms with Gasteiger partial charge in [0.05, 0.1) is 12.8 Å². The van der Waals surface area contributed by atoms with E-state index in [4.69, 9.17) is 10.5 Å². The average molecular weight is 214 g/mol. The maximum Gasteiger partial charge on any atom is 0.343 e. The van der Waals surface area contributed by atoms with Gasteiger partial charge in [0.15, 0.2) is 5.11 Å². The van der Waals surface area contributed by atoms with Gasteiger partial charge in [0, 0.05) is 0 Å². The van der Waals surface area contributed by atoms with Crippen molar-refractivity contribution in [1.29, 1.82) is 0 Å². The summed E-state index contributed by atoms with van der Waals surface area (Å²) in [5.74, 6) is -0.129. The van der Waals surface area contributed by atoms with Crippen molar-refractivity contribution in [2.75, 3.05) is 11.9 Å². The maximum absolute atomic E-state index is 11.3. The molecule has 0 amide bonds. The predicted octanol–water partition coefficient (Wildman–Crippen LogP) is 0.242. The zero-order valence-corrected chi connectivity index (χ0v) is 8.35. The lowest BCUT2D eigenvalue weighted by Crippen LogP contribution is -2.21. The molecule has 0 saturated carbocycles. The molecule has 0 radical (unpaired) electrons. The van der Waals surface area contributed by atoms with Crippen LogP contribution in [0.3, 0.4) is 0 Å². The molecule has 4 N–H and O–H groups in total. The normalized spacial score (nSPS) is 9.50. The first kappa shape index (κ1) is 10.5. The molecule has 14 heavy (non-hydrogen) atoms. The van der Waals surface area contributed by atoms with Crippen LogP contribution in [0.1, 0.15) is 17.3 Å². The third-order valence-electron chi connectivity index (χ3n) is 1.38. The van der Waals surface area contributed by atoms with Crippen LogP contribution < -0.4 is 11.1 Å². The third-order valence-corrected chi connectivity index (χ3v) is 1.48. The van der Waals surface area contributed by atoms with Crippen LogP contribution in [-0.2, 0) is 4.74 Å². The number of carbonyl (C=O) groups is 1. The van der Waals surface area contributed by atoms with Crippen molar-refractivity contribution in [3.63, 3.8) is 0 Å². The molecule has 0 fully saturated rings. The van der Waals surface area contributed by atoms with Crippen molar-refractivity contribution >= 4 is 29.1 Å². The predicted molar refractivity (Wildman–Crippen MR) is 55.0 cm³/mol. The number of esters is 1. The molecule has 0 aliphatic carbocycles. The van der Waals surface area contributed by atoms with E-state index in [9.17, 15) is 4.79 Å². The Labute approximate surface area is 85.8 Å². The summed E-state index contributed by atoms with van der Waals surface area (Å²) in [6, 6.07) is 0. The SMILES string of the molecule is CCOC(=O)c1cn[nH]c1NC(N)=S. The first-order chi connectivity index (χ1) is 6.65. The van der Waals surface area contributed by atoms with E-state index in [2.05, 4.69) is 27.7 Å². The summed E-state index contributed by atoms with van der Waals surface area (Å²) in [7, 11) is 0. The highest BCUT2D eigenvalue weighted by molar-refractivity contribution is 7.80. The number of carbonyl (C=O) groups excluding carboxylic acids is 1. The quantitative estimate of drug-likeness (QED) is 0.493. The number of H-pyrrole nitrogens is 1. The Morgan fingerprint density at radius 1 is 1.86 bits per heavy atom. The van der Waals surface area contributed by atoms with Gasteiger partial charge in [-0.15, -0.1) is 0 Å². The molecule has 0 aromatic carbocycles. The second-order valence-corrected chi connectivity index (χ2v) is 2.81. The zero-order chi connectivity index (χ0) is 10.6. The van der Waals surface area contributed by atoms with Gasteiger partial charge in [0.25, 0.3) is 0 Å². The molecule has 1 heterocycles. The first-order valence-corrected chi connectivity index (χ1v) is 4.33. The Bertz CT molecular complexity index is 349. The minimum Gasteiger partial charge on any atom is -0.462 e. The summed E-state index contributed by atoms with van der Waals surface area (Å²) in [5, 5.41) is 8.86. The number of ether oxygens (including phenoxy) is 1. The van der Waals surface area contributed by atoms with Gasteiger partial charge in [-0.1, -0.05) is 0 Å². The topological polar surface area (TPSA) is 93.0 Å². The van der Waals surface area contributed by atoms with Crippen LogP contribution >= 0.6 is 12.2 Å². The number of nitrogens with zero attached hydrogens (tertiary/aromatic N) is 1. The van der Waals surface area contributed by atoms with Crippen LogP contribution in [0.25, 0.3) is 0 Å². The Morgan fingerprint density at radius 2 is 2.57 bits per heavy atom. The minimum absolute atomic E-state index is 0.0554. The van der Waals surface area contributed by atoms with Crippen LogP contribution in [0.4, 0.5) is 5.82 Å². The molecule has 1 rings (SSSR count). The molecule has 0 spiro atoms. The van der Waals surface area contributed by atoms with Gasteiger partial charge in [-0.3, -0.25) is 5.10 Å². The van der Waals surface area contributed by atoms with Gasteiger partial charge in [-0.2, -0.15) is 5.10 Å². The standard InChI is InChI=1S/C7H10N4O2S/c1-2-13-6(12)4-3-9-11-5(4)10-7(8)14/h3H,2H2,1H3,(H4,8,9,10,11,14). The summed E-state index contributed by atoms with van der Waals surface area (Å²) in [5.41, 5.74) is 5.52. The Kier molecular flexibility index (Phi) is 3.41. The number of hydrogen-bond donors (Lipinski definition) is 3. The Hall–Kier alpha value is -1.63. The van der Waals surface area contributed by atoms with Crippen LogP contribution in [0.5, 0.6) is 0 Å². The minimum atomic E-state index is -0.472. The molecule has 7 heteroatoms. The number of hydrogen-bond acceptors (Lipinski definition) is 4. The maximum atomic E-state index is 11.3. The molecular weight excluding hydrogens is 204 g/mol. The number of thiocarbonyl (C=S) groups is 1. The Morgan fingerprint density at radius 3 is 3.14 bits per heavy atom. The van der Waals surface area contributed by atoms with Gasteiger partial charge < -0.3 is 15.8 Å². The van der Waals surface area contributed by atoms with E-state index < -0.39 is 5.97 Å². The molecule has 0 unspecified atom stereocenters. The van der Waals surface area contributed by atoms with E-state index in [0.29, 0.717) is 12.4 Å². The van der Waals surface area contributed by atoms with E-state index in [-0.39, 0.29) is 10.7 Å². The fraction of sp³-hybridized carbons (Fsp3) is 0.286. The van der Waals surface area contributed by atoms with Gasteiger partial charge in [-0.05, 0) is 19.1 Å². The van der Waals surface area contributed by atoms with Crippen molar-refractivity contribution in [2.45, 2.75) is 6.92 Å². The smallest absolute Gasteiger partial charge is 0.343 e. The van der Waals surface area contributed by atoms with E-state index in [1.54, 1.807) is 6.92 Å². The van der Waals surface area contributed by atoms with Gasteiger partial charge in [0.2, 0.25) is 0 Å². The monoisotopic (exact) mass is 214 g/mol. The average Bonchev–Trinajstić information content (AvgIpc) is 2.51. The molecule has 0 bridgehead atoms. The lowest BCUT2D eigenvalue weighted by atomic mass is 10.3. The summed E-state index contributed by atoms with van der Waals surface area (Å²) in [6.45, 7) is 2.02. The molecular formula is C7H10N4O2S. The first-order valence-electron chi connectivity index (χ1n) is 3.92. The van der Waals surface area contributed by atoms with E-state index in [1.807, 2.05) is 0 Å². The summed E-state index contributed by atoms with van der Waals surface area (Å²) in [4.78, 5) is 11.3. The lowest BCUT2D eigenvalue weighted by molar-refractivity contribution is 0.0527. The second-order valence-electron chi connectivity index (χ2n) is 2.37. The molecule has 1 aromatic rings. The van der Waals surface area contributed by atoms with Crippen LogP contribution in [0.15, 0.2) is 6.20 Å². The summed E-state index contributed by atoms with van der Waals surface area (Å²) < 4.78 is 4.79. The van der Waals surface area contributed by atoms with Crippen LogP contribution in [0, 0.1) is 0 Å². The van der Waals surface area contributed by atoms with E-state index >= 15 is 0 Å². The largest absolute Gasteiger partial charge is 0.462 e. The number of nitrogens with one attached hydrogen (secondary N) is 2. The molecule has 0 atom stereocenters. The van der Waals surface area contributed by atoms with Gasteiger partial charge >= 0.3 is 5.97 Å². The van der Waals surface area contributed by atoms with Gasteiger partial charge in [0.1, 0.15) is 11.4 Å². The highest BCUT2D eigenvalue weighted by Gasteiger charge is 2.14. The third kappa shape index (κ3) is 2.43. The van der Waals surface area contributed by atoms with Crippen LogP contribution in [-0.4, -0.2) is 27.9 Å². The van der Waals surface area contributed by atoms with Gasteiger partial charge in [-0.25, -0.2) is 4.79 Å². The molecule has 6 nitrogen and oxygen atoms in total. The van der Waals surface area contributed by atoms with Crippen molar-refractivity contribution in [2.24, 2.45) is 5.73 Å². The molecule has 76 valence electrons. The zero-order valence-electron chi connectivity index (χ0n) is 7.53. The lowest BCUT2D eigenvalue weighted by Gasteiger charge is -2.03. The van der Waals surface area contributed by atoms with E-state index in [0.717, 1.165) is 0 Å².